The molecule has 7 heteroatoms. The molecular weight excluding hydrogens is 314 g/mol. The lowest BCUT2D eigenvalue weighted by molar-refractivity contribution is 0.835. The highest BCUT2D eigenvalue weighted by Crippen LogP contribution is 2.25. The molecule has 0 atom stereocenters. The van der Waals surface area contributed by atoms with Gasteiger partial charge in [0.05, 0.1) is 29.1 Å². The molecule has 4 aromatic rings. The lowest BCUT2D eigenvalue weighted by Gasteiger charge is -2.20. The zero-order valence-corrected chi connectivity index (χ0v) is 13.4. The summed E-state index contributed by atoms with van der Waals surface area (Å²) in [6.45, 7) is 0.481. The summed E-state index contributed by atoms with van der Waals surface area (Å²) in [7, 11) is 0. The number of nitrogens with zero attached hydrogens (tertiary/aromatic N) is 4. The minimum Gasteiger partial charge on any atom is -0.396 e. The van der Waals surface area contributed by atoms with Crippen molar-refractivity contribution in [3.8, 4) is 11.4 Å². The van der Waals surface area contributed by atoms with Gasteiger partial charge in [0, 0.05) is 17.8 Å². The van der Waals surface area contributed by atoms with Gasteiger partial charge in [-0.3, -0.25) is 15.1 Å². The molecule has 0 saturated carbocycles. The van der Waals surface area contributed by atoms with Crippen molar-refractivity contribution in [1.29, 1.82) is 0 Å². The lowest BCUT2D eigenvalue weighted by atomic mass is 10.1. The second-order valence-corrected chi connectivity index (χ2v) is 5.74. The molecule has 0 aliphatic rings. The molecule has 0 fully saturated rings. The molecule has 1 aromatic carbocycles. The Hall–Kier alpha value is -3.45. The van der Waals surface area contributed by atoms with Crippen LogP contribution in [-0.2, 0) is 6.54 Å². The second kappa shape index (κ2) is 6.21. The number of hydrazine groups is 1. The van der Waals surface area contributed by atoms with Gasteiger partial charge in [0.15, 0.2) is 5.82 Å². The molecule has 0 aliphatic carbocycles. The maximum atomic E-state index is 6.24. The summed E-state index contributed by atoms with van der Waals surface area (Å²) < 4.78 is 0. The fourth-order valence-corrected chi connectivity index (χ4v) is 2.73. The molecule has 0 spiro atoms. The third-order valence-electron chi connectivity index (χ3n) is 3.97. The number of nitrogens with two attached hydrogens (primary N) is 2. The van der Waals surface area contributed by atoms with Gasteiger partial charge < -0.3 is 5.73 Å². The topological polar surface area (TPSA) is 110 Å². The molecule has 0 aliphatic heterocycles. The van der Waals surface area contributed by atoms with Gasteiger partial charge in [-0.05, 0) is 42.0 Å². The lowest BCUT2D eigenvalue weighted by Crippen LogP contribution is -2.31. The van der Waals surface area contributed by atoms with Crippen molar-refractivity contribution in [2.45, 2.75) is 6.54 Å². The fourth-order valence-electron chi connectivity index (χ4n) is 2.73. The maximum Gasteiger partial charge on any atom is 0.166 e. The SMILES string of the molecule is Nc1ccc(-c2ccn[nH]2)nc1N(N)Cc1ccc2ncccc2c1. The molecule has 3 aromatic heterocycles. The van der Waals surface area contributed by atoms with Gasteiger partial charge in [0.25, 0.3) is 0 Å². The van der Waals surface area contributed by atoms with Crippen molar-refractivity contribution in [2.75, 3.05) is 10.7 Å². The van der Waals surface area contributed by atoms with Crippen molar-refractivity contribution in [1.82, 2.24) is 20.2 Å². The Labute approximate surface area is 144 Å². The predicted octanol–water partition coefficient (Wildman–Crippen LogP) is 2.48. The van der Waals surface area contributed by atoms with Crippen molar-refractivity contribution in [3.05, 3.63) is 66.5 Å². The number of hydrogen-bond donors (Lipinski definition) is 3. The van der Waals surface area contributed by atoms with Gasteiger partial charge in [-0.15, -0.1) is 0 Å². The Morgan fingerprint density at radius 3 is 2.80 bits per heavy atom. The highest BCUT2D eigenvalue weighted by molar-refractivity contribution is 5.79. The Morgan fingerprint density at radius 2 is 1.96 bits per heavy atom. The number of benzene rings is 1. The number of nitrogen functional groups attached to an aromatic ring is 1. The number of aromatic amines is 1. The highest BCUT2D eigenvalue weighted by Gasteiger charge is 2.12. The van der Waals surface area contributed by atoms with Gasteiger partial charge in [-0.1, -0.05) is 12.1 Å². The predicted molar refractivity (Wildman–Crippen MR) is 98.3 cm³/mol. The van der Waals surface area contributed by atoms with E-state index >= 15 is 0 Å². The first-order valence-electron chi connectivity index (χ1n) is 7.83. The molecule has 25 heavy (non-hydrogen) atoms. The average Bonchev–Trinajstić information content (AvgIpc) is 3.16. The Kier molecular flexibility index (Phi) is 3.75. The Balaban J connectivity index is 1.63. The maximum absolute atomic E-state index is 6.24. The summed E-state index contributed by atoms with van der Waals surface area (Å²) in [5.74, 6) is 6.77. The zero-order chi connectivity index (χ0) is 17.2. The first-order chi connectivity index (χ1) is 12.2. The second-order valence-electron chi connectivity index (χ2n) is 5.74. The molecule has 4 rings (SSSR count). The van der Waals surface area contributed by atoms with Crippen LogP contribution >= 0.6 is 0 Å². The van der Waals surface area contributed by atoms with Crippen LogP contribution in [0.4, 0.5) is 11.5 Å². The number of H-pyrrole nitrogens is 1. The largest absolute Gasteiger partial charge is 0.396 e. The van der Waals surface area contributed by atoms with E-state index in [-0.39, 0.29) is 0 Å². The summed E-state index contributed by atoms with van der Waals surface area (Å²) in [5, 5.41) is 9.45. The van der Waals surface area contributed by atoms with E-state index in [1.165, 1.54) is 0 Å². The summed E-state index contributed by atoms with van der Waals surface area (Å²) in [5.41, 5.74) is 10.1. The van der Waals surface area contributed by atoms with Crippen LogP contribution in [0.15, 0.2) is 60.9 Å². The Morgan fingerprint density at radius 1 is 1.04 bits per heavy atom. The monoisotopic (exact) mass is 331 g/mol. The number of rotatable bonds is 4. The molecule has 0 radical (unpaired) electrons. The van der Waals surface area contributed by atoms with Crippen molar-refractivity contribution >= 4 is 22.4 Å². The van der Waals surface area contributed by atoms with E-state index in [2.05, 4.69) is 26.2 Å². The number of pyridine rings is 2. The van der Waals surface area contributed by atoms with Crippen molar-refractivity contribution in [3.63, 3.8) is 0 Å². The third-order valence-corrected chi connectivity index (χ3v) is 3.97. The number of aromatic nitrogens is 4. The summed E-state index contributed by atoms with van der Waals surface area (Å²) >= 11 is 0. The van der Waals surface area contributed by atoms with Crippen LogP contribution in [0.2, 0.25) is 0 Å². The van der Waals surface area contributed by atoms with Crippen LogP contribution in [0.25, 0.3) is 22.3 Å². The van der Waals surface area contributed by atoms with Crippen LogP contribution < -0.4 is 16.6 Å². The van der Waals surface area contributed by atoms with E-state index in [1.54, 1.807) is 23.5 Å². The summed E-state index contributed by atoms with van der Waals surface area (Å²) in [6, 6.07) is 15.5. The molecule has 7 nitrogen and oxygen atoms in total. The molecule has 124 valence electrons. The number of nitrogens with one attached hydrogen (secondary N) is 1. The molecule has 0 saturated heterocycles. The molecule has 5 N–H and O–H groups in total. The van der Waals surface area contributed by atoms with Crippen LogP contribution in [0, 0.1) is 0 Å². The summed E-state index contributed by atoms with van der Waals surface area (Å²) in [4.78, 5) is 8.89. The van der Waals surface area contributed by atoms with E-state index in [0.29, 0.717) is 18.1 Å². The first kappa shape index (κ1) is 15.1. The molecule has 0 amide bonds. The van der Waals surface area contributed by atoms with Crippen LogP contribution in [0.1, 0.15) is 5.56 Å². The molecule has 3 heterocycles. The fraction of sp³-hybridized carbons (Fsp3) is 0.0556. The number of fused-ring (bicyclic) bond motifs is 1. The average molecular weight is 331 g/mol. The molecule has 0 unspecified atom stereocenters. The van der Waals surface area contributed by atoms with Crippen LogP contribution in [0.5, 0.6) is 0 Å². The summed E-state index contributed by atoms with van der Waals surface area (Å²) in [6.07, 6.45) is 3.46. The minimum atomic E-state index is 0.481. The Bertz CT molecular complexity index is 1010. The van der Waals surface area contributed by atoms with E-state index in [4.69, 9.17) is 11.6 Å². The van der Waals surface area contributed by atoms with Gasteiger partial charge >= 0.3 is 0 Å². The van der Waals surface area contributed by atoms with Gasteiger partial charge in [0.2, 0.25) is 0 Å². The van der Waals surface area contributed by atoms with Crippen molar-refractivity contribution in [2.24, 2.45) is 5.84 Å². The minimum absolute atomic E-state index is 0.481. The molecular formula is C18H17N7. The van der Waals surface area contributed by atoms with Gasteiger partial charge in [0.1, 0.15) is 0 Å². The molecule has 0 bridgehead atoms. The number of anilines is 2. The van der Waals surface area contributed by atoms with Gasteiger partial charge in [-0.25, -0.2) is 10.8 Å². The van der Waals surface area contributed by atoms with Crippen LogP contribution in [0.3, 0.4) is 0 Å². The third kappa shape index (κ3) is 3.00. The number of hydrogen-bond acceptors (Lipinski definition) is 6. The standard InChI is InChI=1S/C18H17N7/c19-14-4-6-16(17-7-9-22-24-17)23-18(14)25(20)11-12-3-5-15-13(10-12)2-1-8-21-15/h1-10H,11,19-20H2,(H,22,24). The van der Waals surface area contributed by atoms with E-state index < -0.39 is 0 Å². The highest BCUT2D eigenvalue weighted by atomic mass is 15.4. The zero-order valence-electron chi connectivity index (χ0n) is 13.4. The van der Waals surface area contributed by atoms with E-state index in [9.17, 15) is 0 Å². The van der Waals surface area contributed by atoms with E-state index in [1.807, 2.05) is 36.4 Å². The first-order valence-corrected chi connectivity index (χ1v) is 7.83. The van der Waals surface area contributed by atoms with Crippen molar-refractivity contribution < 1.29 is 0 Å². The quantitative estimate of drug-likeness (QED) is 0.391. The van der Waals surface area contributed by atoms with E-state index in [0.717, 1.165) is 27.9 Å². The normalized spacial score (nSPS) is 10.9. The smallest absolute Gasteiger partial charge is 0.166 e. The van der Waals surface area contributed by atoms with Crippen LogP contribution in [-0.4, -0.2) is 20.2 Å². The van der Waals surface area contributed by atoms with Gasteiger partial charge in [-0.2, -0.15) is 5.10 Å².